The summed E-state index contributed by atoms with van der Waals surface area (Å²) in [6.07, 6.45) is 0. The van der Waals surface area contributed by atoms with Crippen LogP contribution < -0.4 is 10.6 Å². The molecule has 112 valence electrons. The van der Waals surface area contributed by atoms with Gasteiger partial charge in [-0.15, -0.1) is 11.3 Å². The first-order valence-electron chi connectivity index (χ1n) is 6.88. The van der Waals surface area contributed by atoms with Crippen LogP contribution in [0.1, 0.15) is 24.8 Å². The van der Waals surface area contributed by atoms with Gasteiger partial charge < -0.3 is 10.6 Å². The lowest BCUT2D eigenvalue weighted by molar-refractivity contribution is -0.115. The second kappa shape index (κ2) is 7.33. The summed E-state index contributed by atoms with van der Waals surface area (Å²) in [6.45, 7) is 4.42. The molecule has 1 amide bonds. The summed E-state index contributed by atoms with van der Waals surface area (Å²) >= 11 is 1.67. The van der Waals surface area contributed by atoms with Crippen LogP contribution in [0.4, 0.5) is 10.1 Å². The summed E-state index contributed by atoms with van der Waals surface area (Å²) in [4.78, 5) is 13.1. The highest BCUT2D eigenvalue weighted by Gasteiger charge is 2.17. The summed E-state index contributed by atoms with van der Waals surface area (Å²) in [5.41, 5.74) is 0.471. The molecule has 1 aromatic carbocycles. The van der Waals surface area contributed by atoms with Crippen molar-refractivity contribution < 1.29 is 9.18 Å². The lowest BCUT2D eigenvalue weighted by Gasteiger charge is -2.21. The largest absolute Gasteiger partial charge is 0.325 e. The van der Waals surface area contributed by atoms with Crippen molar-refractivity contribution >= 4 is 22.9 Å². The highest BCUT2D eigenvalue weighted by atomic mass is 32.1. The molecule has 0 saturated heterocycles. The molecule has 1 heterocycles. The molecular formula is C16H19FN2OS. The Balaban J connectivity index is 1.90. The summed E-state index contributed by atoms with van der Waals surface area (Å²) in [7, 11) is 0. The van der Waals surface area contributed by atoms with E-state index in [1.165, 1.54) is 17.0 Å². The van der Waals surface area contributed by atoms with E-state index in [9.17, 15) is 9.18 Å². The molecule has 1 atom stereocenters. The Hall–Kier alpha value is -1.72. The van der Waals surface area contributed by atoms with Crippen molar-refractivity contribution in [2.24, 2.45) is 5.92 Å². The van der Waals surface area contributed by atoms with Gasteiger partial charge in [-0.3, -0.25) is 4.79 Å². The zero-order chi connectivity index (χ0) is 15.2. The minimum Gasteiger partial charge on any atom is -0.325 e. The van der Waals surface area contributed by atoms with Gasteiger partial charge in [0.25, 0.3) is 0 Å². The van der Waals surface area contributed by atoms with Crippen molar-refractivity contribution in [1.29, 1.82) is 0 Å². The molecule has 0 aliphatic rings. The van der Waals surface area contributed by atoms with Crippen molar-refractivity contribution in [1.82, 2.24) is 5.32 Å². The molecule has 2 aromatic rings. The number of halogens is 1. The van der Waals surface area contributed by atoms with E-state index in [0.717, 1.165) is 0 Å². The number of benzene rings is 1. The van der Waals surface area contributed by atoms with Crippen molar-refractivity contribution in [3.05, 3.63) is 52.5 Å². The summed E-state index contributed by atoms with van der Waals surface area (Å²) in [6, 6.07) is 10.1. The van der Waals surface area contributed by atoms with E-state index >= 15 is 0 Å². The summed E-state index contributed by atoms with van der Waals surface area (Å²) in [5.74, 6) is -0.159. The Labute approximate surface area is 128 Å². The first-order chi connectivity index (χ1) is 10.1. The van der Waals surface area contributed by atoms with E-state index in [1.807, 2.05) is 11.4 Å². The van der Waals surface area contributed by atoms with Crippen LogP contribution in [0.3, 0.4) is 0 Å². The molecule has 0 bridgehead atoms. The number of amides is 1. The average Bonchev–Trinajstić information content (AvgIpc) is 2.92. The number of rotatable bonds is 6. The van der Waals surface area contributed by atoms with Crippen LogP contribution in [-0.2, 0) is 4.79 Å². The maximum Gasteiger partial charge on any atom is 0.238 e. The second-order valence-electron chi connectivity index (χ2n) is 5.18. The molecule has 0 spiro atoms. The first kappa shape index (κ1) is 15.7. The van der Waals surface area contributed by atoms with Crippen LogP contribution >= 0.6 is 11.3 Å². The quantitative estimate of drug-likeness (QED) is 0.852. The van der Waals surface area contributed by atoms with Gasteiger partial charge in [0.05, 0.1) is 6.54 Å². The van der Waals surface area contributed by atoms with Crippen LogP contribution in [0.15, 0.2) is 41.8 Å². The number of anilines is 1. The summed E-state index contributed by atoms with van der Waals surface area (Å²) in [5, 5.41) is 7.97. The lowest BCUT2D eigenvalue weighted by Crippen LogP contribution is -2.33. The molecular weight excluding hydrogens is 287 g/mol. The van der Waals surface area contributed by atoms with Crippen molar-refractivity contribution in [2.45, 2.75) is 19.9 Å². The van der Waals surface area contributed by atoms with Crippen LogP contribution in [-0.4, -0.2) is 12.5 Å². The van der Waals surface area contributed by atoms with Crippen molar-refractivity contribution in [3.63, 3.8) is 0 Å². The fraction of sp³-hybridized carbons (Fsp3) is 0.312. The molecule has 0 fully saturated rings. The average molecular weight is 306 g/mol. The molecule has 1 aromatic heterocycles. The Bertz CT molecular complexity index is 584. The highest BCUT2D eigenvalue weighted by Crippen LogP contribution is 2.25. The number of hydrogen-bond acceptors (Lipinski definition) is 3. The zero-order valence-electron chi connectivity index (χ0n) is 12.1. The molecule has 2 N–H and O–H groups in total. The normalized spacial score (nSPS) is 12.4. The minimum absolute atomic E-state index is 0.142. The fourth-order valence-corrected chi connectivity index (χ4v) is 3.08. The predicted molar refractivity (Wildman–Crippen MR) is 84.9 cm³/mol. The van der Waals surface area contributed by atoms with E-state index in [0.29, 0.717) is 11.6 Å². The van der Waals surface area contributed by atoms with Gasteiger partial charge in [0.15, 0.2) is 0 Å². The van der Waals surface area contributed by atoms with Crippen LogP contribution in [0.2, 0.25) is 0 Å². The molecule has 0 saturated carbocycles. The van der Waals surface area contributed by atoms with Gasteiger partial charge in [-0.1, -0.05) is 26.0 Å². The smallest absolute Gasteiger partial charge is 0.238 e. The molecule has 3 nitrogen and oxygen atoms in total. The first-order valence-corrected chi connectivity index (χ1v) is 7.76. The van der Waals surface area contributed by atoms with Gasteiger partial charge in [-0.2, -0.15) is 0 Å². The summed E-state index contributed by atoms with van der Waals surface area (Å²) < 4.78 is 13.1. The van der Waals surface area contributed by atoms with E-state index in [-0.39, 0.29) is 24.3 Å². The maximum atomic E-state index is 13.1. The van der Waals surface area contributed by atoms with Crippen molar-refractivity contribution in [2.75, 3.05) is 11.9 Å². The highest BCUT2D eigenvalue weighted by molar-refractivity contribution is 7.10. The number of carbonyl (C=O) groups is 1. The van der Waals surface area contributed by atoms with E-state index < -0.39 is 0 Å². The molecule has 1 unspecified atom stereocenters. The van der Waals surface area contributed by atoms with E-state index in [4.69, 9.17) is 0 Å². The molecule has 5 heteroatoms. The monoisotopic (exact) mass is 306 g/mol. The SMILES string of the molecule is CC(C)C(NCC(=O)Nc1cccc(F)c1)c1cccs1. The molecule has 0 aliphatic carbocycles. The van der Waals surface area contributed by atoms with Crippen LogP contribution in [0.5, 0.6) is 0 Å². The third-order valence-corrected chi connectivity index (χ3v) is 4.06. The minimum atomic E-state index is -0.362. The number of thiophene rings is 1. The van der Waals surface area contributed by atoms with E-state index in [2.05, 4.69) is 30.5 Å². The fourth-order valence-electron chi connectivity index (χ4n) is 2.11. The third kappa shape index (κ3) is 4.65. The third-order valence-electron chi connectivity index (χ3n) is 3.11. The van der Waals surface area contributed by atoms with Gasteiger partial charge in [-0.05, 0) is 35.6 Å². The predicted octanol–water partition coefficient (Wildman–Crippen LogP) is 3.81. The number of carbonyl (C=O) groups excluding carboxylic acids is 1. The molecule has 0 aliphatic heterocycles. The number of nitrogens with one attached hydrogen (secondary N) is 2. The molecule has 0 radical (unpaired) electrons. The standard InChI is InChI=1S/C16H19FN2OS/c1-11(2)16(14-7-4-8-21-14)18-10-15(20)19-13-6-3-5-12(17)9-13/h3-9,11,16,18H,10H2,1-2H3,(H,19,20). The van der Waals surface area contributed by atoms with Gasteiger partial charge in [-0.25, -0.2) is 4.39 Å². The van der Waals surface area contributed by atoms with Crippen LogP contribution in [0, 0.1) is 11.7 Å². The molecule has 2 rings (SSSR count). The van der Waals surface area contributed by atoms with E-state index in [1.54, 1.807) is 23.5 Å². The zero-order valence-corrected chi connectivity index (χ0v) is 12.9. The second-order valence-corrected chi connectivity index (χ2v) is 6.16. The Morgan fingerprint density at radius 1 is 1.29 bits per heavy atom. The Morgan fingerprint density at radius 3 is 2.71 bits per heavy atom. The topological polar surface area (TPSA) is 41.1 Å². The molecule has 21 heavy (non-hydrogen) atoms. The van der Waals surface area contributed by atoms with Crippen molar-refractivity contribution in [3.8, 4) is 0 Å². The van der Waals surface area contributed by atoms with Gasteiger partial charge in [0.2, 0.25) is 5.91 Å². The van der Waals surface area contributed by atoms with Gasteiger partial charge in [0, 0.05) is 16.6 Å². The van der Waals surface area contributed by atoms with Crippen LogP contribution in [0.25, 0.3) is 0 Å². The van der Waals surface area contributed by atoms with Gasteiger partial charge >= 0.3 is 0 Å². The van der Waals surface area contributed by atoms with Gasteiger partial charge in [0.1, 0.15) is 5.82 Å². The number of hydrogen-bond donors (Lipinski definition) is 2. The maximum absolute atomic E-state index is 13.1. The lowest BCUT2D eigenvalue weighted by atomic mass is 10.0. The Morgan fingerprint density at radius 2 is 2.10 bits per heavy atom. The Kier molecular flexibility index (Phi) is 5.47.